The summed E-state index contributed by atoms with van der Waals surface area (Å²) in [5, 5.41) is 8.87. The molecule has 0 rings (SSSR count). The first-order valence-corrected chi connectivity index (χ1v) is 22.4. The van der Waals surface area contributed by atoms with Crippen LogP contribution in [0.3, 0.4) is 0 Å². The third-order valence-corrected chi connectivity index (χ3v) is 10.00. The summed E-state index contributed by atoms with van der Waals surface area (Å²) in [4.78, 5) is 33.4. The normalized spacial score (nSPS) is 14.2. The van der Waals surface area contributed by atoms with Crippen LogP contribution in [0.4, 0.5) is 0 Å². The van der Waals surface area contributed by atoms with Crippen molar-refractivity contribution in [2.45, 2.75) is 206 Å². The molecule has 10 nitrogen and oxygen atoms in total. The van der Waals surface area contributed by atoms with Gasteiger partial charge in [-0.3, -0.25) is 18.6 Å². The molecule has 0 aromatic rings. The second kappa shape index (κ2) is 37.6. The quantitative estimate of drug-likeness (QED) is 0.0181. The van der Waals surface area contributed by atoms with Gasteiger partial charge in [-0.15, -0.1) is 0 Å². The van der Waals surface area contributed by atoms with Gasteiger partial charge in [-0.05, 0) is 51.0 Å². The maximum absolute atomic E-state index is 12.6. The average molecular weight is 760 g/mol. The molecule has 0 aliphatic rings. The Labute approximate surface area is 317 Å². The van der Waals surface area contributed by atoms with Gasteiger partial charge >= 0.3 is 19.8 Å². The highest BCUT2D eigenvalue weighted by Crippen LogP contribution is 2.43. The van der Waals surface area contributed by atoms with Gasteiger partial charge in [0.15, 0.2) is 6.10 Å². The van der Waals surface area contributed by atoms with Crippen LogP contribution in [-0.2, 0) is 32.7 Å². The number of aliphatic carboxylic acids is 1. The number of ether oxygens (including phenoxy) is 2. The second-order valence-corrected chi connectivity index (χ2v) is 15.6. The van der Waals surface area contributed by atoms with Gasteiger partial charge in [0.1, 0.15) is 12.6 Å². The molecule has 0 saturated carbocycles. The van der Waals surface area contributed by atoms with E-state index in [0.717, 1.165) is 51.4 Å². The lowest BCUT2D eigenvalue weighted by Crippen LogP contribution is -2.34. The van der Waals surface area contributed by atoms with E-state index in [1.54, 1.807) is 6.26 Å². The number of hydrogen-bond acceptors (Lipinski definition) is 8. The number of hydrogen-bond donors (Lipinski definition) is 3. The Morgan fingerprint density at radius 3 is 1.50 bits per heavy atom. The van der Waals surface area contributed by atoms with Gasteiger partial charge in [0.25, 0.3) is 0 Å². The van der Waals surface area contributed by atoms with Crippen LogP contribution >= 0.6 is 7.82 Å². The van der Waals surface area contributed by atoms with Crippen LogP contribution in [0.2, 0.25) is 0 Å². The predicted molar refractivity (Wildman–Crippen MR) is 212 cm³/mol. The molecule has 306 valence electrons. The van der Waals surface area contributed by atoms with Gasteiger partial charge in [-0.1, -0.05) is 154 Å². The number of carbonyl (C=O) groups excluding carboxylic acids is 1. The zero-order valence-electron chi connectivity index (χ0n) is 33.2. The molecular weight excluding hydrogens is 681 g/mol. The number of carboxylic acids is 1. The molecule has 0 aromatic heterocycles. The van der Waals surface area contributed by atoms with Gasteiger partial charge in [0, 0.05) is 6.42 Å². The van der Waals surface area contributed by atoms with E-state index in [0.29, 0.717) is 6.42 Å². The highest BCUT2D eigenvalue weighted by molar-refractivity contribution is 7.47. The van der Waals surface area contributed by atoms with E-state index in [1.165, 1.54) is 116 Å². The van der Waals surface area contributed by atoms with Gasteiger partial charge in [-0.2, -0.15) is 0 Å². The molecule has 0 heterocycles. The molecule has 0 aromatic carbocycles. The SMILES string of the molecule is CCCCC/C=C\CCCCCCCC(=O)O[C@H](CO/C=C\CCCCCCCCCCCCCCCCCC)COP(=O)(O)OC[C@H](N)C(=O)O. The average Bonchev–Trinajstić information content (AvgIpc) is 3.12. The van der Waals surface area contributed by atoms with Crippen LogP contribution in [0.1, 0.15) is 194 Å². The Kier molecular flexibility index (Phi) is 36.4. The maximum Gasteiger partial charge on any atom is 0.472 e. The first-order chi connectivity index (χ1) is 25.2. The van der Waals surface area contributed by atoms with E-state index >= 15 is 0 Å². The number of rotatable bonds is 40. The fourth-order valence-electron chi connectivity index (χ4n) is 5.74. The molecule has 0 radical (unpaired) electrons. The lowest BCUT2D eigenvalue weighted by Gasteiger charge is -2.20. The van der Waals surface area contributed by atoms with Crippen LogP contribution < -0.4 is 5.73 Å². The number of nitrogens with two attached hydrogens (primary N) is 1. The fourth-order valence-corrected chi connectivity index (χ4v) is 6.52. The second-order valence-electron chi connectivity index (χ2n) is 14.2. The number of phosphoric ester groups is 1. The van der Waals surface area contributed by atoms with Crippen LogP contribution in [-0.4, -0.2) is 53.9 Å². The van der Waals surface area contributed by atoms with Crippen molar-refractivity contribution >= 4 is 19.8 Å². The minimum atomic E-state index is -4.63. The molecule has 0 spiro atoms. The van der Waals surface area contributed by atoms with Crippen LogP contribution in [0.5, 0.6) is 0 Å². The molecule has 11 heteroatoms. The lowest BCUT2D eigenvalue weighted by molar-refractivity contribution is -0.153. The van der Waals surface area contributed by atoms with E-state index in [9.17, 15) is 19.0 Å². The summed E-state index contributed by atoms with van der Waals surface area (Å²) in [7, 11) is -4.63. The molecule has 4 N–H and O–H groups in total. The number of esters is 1. The Bertz CT molecular complexity index is 930. The third-order valence-electron chi connectivity index (χ3n) is 9.05. The van der Waals surface area contributed by atoms with Crippen molar-refractivity contribution in [2.75, 3.05) is 19.8 Å². The van der Waals surface area contributed by atoms with Crippen molar-refractivity contribution in [3.05, 3.63) is 24.5 Å². The van der Waals surface area contributed by atoms with Crippen molar-refractivity contribution in [3.8, 4) is 0 Å². The van der Waals surface area contributed by atoms with E-state index in [2.05, 4.69) is 30.5 Å². The standard InChI is InChI=1S/C41H78NO9P/c1-3-5-7-9-11-13-15-17-18-19-20-21-22-24-26-28-30-32-34-48-35-38(36-49-52(46,47)50-37-39(42)41(44)45)51-40(43)33-31-29-27-25-23-16-14-12-10-8-6-4-2/h12,14,32,34,38-39H,3-11,13,15-31,33,35-37,42H2,1-2H3,(H,44,45)(H,46,47)/b14-12-,34-32-/t38-,39+/m1/s1. The van der Waals surface area contributed by atoms with Crippen molar-refractivity contribution in [2.24, 2.45) is 5.73 Å². The molecule has 0 aliphatic heterocycles. The number of unbranched alkanes of at least 4 members (excludes halogenated alkanes) is 24. The summed E-state index contributed by atoms with van der Waals surface area (Å²) in [6.07, 6.45) is 40.4. The highest BCUT2D eigenvalue weighted by Gasteiger charge is 2.27. The highest BCUT2D eigenvalue weighted by atomic mass is 31.2. The number of carbonyl (C=O) groups is 2. The zero-order chi connectivity index (χ0) is 38.4. The van der Waals surface area contributed by atoms with Gasteiger partial charge in [0.2, 0.25) is 0 Å². The number of allylic oxidation sites excluding steroid dienone is 3. The van der Waals surface area contributed by atoms with E-state index in [-0.39, 0.29) is 13.0 Å². The largest absolute Gasteiger partial charge is 0.498 e. The maximum atomic E-state index is 12.6. The summed E-state index contributed by atoms with van der Waals surface area (Å²) in [6, 6.07) is -1.48. The van der Waals surface area contributed by atoms with Crippen molar-refractivity contribution in [1.29, 1.82) is 0 Å². The topological polar surface area (TPSA) is 155 Å². The van der Waals surface area contributed by atoms with Gasteiger partial charge in [-0.25, -0.2) is 4.57 Å². The minimum Gasteiger partial charge on any atom is -0.498 e. The molecule has 0 saturated heterocycles. The molecule has 52 heavy (non-hydrogen) atoms. The van der Waals surface area contributed by atoms with Crippen LogP contribution in [0.15, 0.2) is 24.5 Å². The summed E-state index contributed by atoms with van der Waals surface area (Å²) in [6.45, 7) is 3.25. The first kappa shape index (κ1) is 50.3. The molecule has 1 unspecified atom stereocenters. The van der Waals surface area contributed by atoms with Crippen LogP contribution in [0, 0.1) is 0 Å². The smallest absolute Gasteiger partial charge is 0.472 e. The van der Waals surface area contributed by atoms with Crippen LogP contribution in [0.25, 0.3) is 0 Å². The number of phosphoric acid groups is 1. The van der Waals surface area contributed by atoms with E-state index in [1.807, 2.05) is 6.08 Å². The third kappa shape index (κ3) is 36.6. The molecule has 0 fully saturated rings. The summed E-state index contributed by atoms with van der Waals surface area (Å²) < 4.78 is 33.0. The first-order valence-electron chi connectivity index (χ1n) is 20.9. The predicted octanol–water partition coefficient (Wildman–Crippen LogP) is 11.5. The molecule has 3 atom stereocenters. The monoisotopic (exact) mass is 760 g/mol. The van der Waals surface area contributed by atoms with Gasteiger partial charge in [0.05, 0.1) is 19.5 Å². The Morgan fingerprint density at radius 2 is 1.00 bits per heavy atom. The van der Waals surface area contributed by atoms with Crippen molar-refractivity contribution in [3.63, 3.8) is 0 Å². The summed E-state index contributed by atoms with van der Waals surface area (Å²) in [5.74, 6) is -1.81. The zero-order valence-corrected chi connectivity index (χ0v) is 34.1. The van der Waals surface area contributed by atoms with Crippen molar-refractivity contribution in [1.82, 2.24) is 0 Å². The Balaban J connectivity index is 4.27. The summed E-state index contributed by atoms with van der Waals surface area (Å²) in [5.41, 5.74) is 5.34. The molecule has 0 bridgehead atoms. The van der Waals surface area contributed by atoms with E-state index < -0.39 is 45.1 Å². The van der Waals surface area contributed by atoms with E-state index in [4.69, 9.17) is 24.8 Å². The summed E-state index contributed by atoms with van der Waals surface area (Å²) >= 11 is 0. The minimum absolute atomic E-state index is 0.0677. The number of carboxylic acid groups (broad SMARTS) is 1. The molecular formula is C41H78NO9P. The molecule has 0 amide bonds. The van der Waals surface area contributed by atoms with Crippen molar-refractivity contribution < 1.29 is 42.7 Å². The fraction of sp³-hybridized carbons (Fsp3) is 0.854. The molecule has 0 aliphatic carbocycles. The lowest BCUT2D eigenvalue weighted by atomic mass is 10.0. The van der Waals surface area contributed by atoms with Gasteiger partial charge < -0.3 is 25.2 Å². The Morgan fingerprint density at radius 1 is 0.596 bits per heavy atom. The Hall–Kier alpha value is -1.71.